The molecule has 4 aliphatic rings. The van der Waals surface area contributed by atoms with Gasteiger partial charge in [0.15, 0.2) is 5.82 Å². The number of hydrogen-bond acceptors (Lipinski definition) is 11. The van der Waals surface area contributed by atoms with Crippen LogP contribution in [0.2, 0.25) is 0 Å². The van der Waals surface area contributed by atoms with E-state index in [2.05, 4.69) is 15.2 Å². The van der Waals surface area contributed by atoms with E-state index in [0.717, 1.165) is 31.3 Å². The number of likely N-dealkylation sites (tertiary alicyclic amines) is 1. The van der Waals surface area contributed by atoms with E-state index in [0.29, 0.717) is 29.8 Å². The average molecular weight is 855 g/mol. The van der Waals surface area contributed by atoms with Crippen molar-refractivity contribution in [2.24, 2.45) is 5.41 Å². The lowest BCUT2D eigenvalue weighted by Crippen LogP contribution is -2.66. The van der Waals surface area contributed by atoms with Gasteiger partial charge in [-0.3, -0.25) is 10.2 Å². The highest BCUT2D eigenvalue weighted by Gasteiger charge is 2.55. The molecule has 4 aromatic rings. The van der Waals surface area contributed by atoms with E-state index >= 15 is 22.0 Å². The molecule has 3 aliphatic heterocycles. The fourth-order valence-electron chi connectivity index (χ4n) is 8.43. The number of piperazine rings is 1. The molecule has 1 spiro atoms. The summed E-state index contributed by atoms with van der Waals surface area (Å²) < 4.78 is 90.1. The second-order valence-electron chi connectivity index (χ2n) is 18.6. The van der Waals surface area contributed by atoms with Gasteiger partial charge in [0.2, 0.25) is 5.95 Å². The number of benzene rings is 2. The summed E-state index contributed by atoms with van der Waals surface area (Å²) in [4.78, 5) is 43.1. The Hall–Kier alpha value is -5.02. The quantitative estimate of drug-likeness (QED) is 0.194. The van der Waals surface area contributed by atoms with Crippen molar-refractivity contribution in [2.75, 3.05) is 54.4 Å². The summed E-state index contributed by atoms with van der Waals surface area (Å²) in [7, 11) is 0. The first-order chi connectivity index (χ1) is 28.0. The van der Waals surface area contributed by atoms with Gasteiger partial charge in [-0.25, -0.2) is 23.4 Å². The molecule has 2 amide bonds. The van der Waals surface area contributed by atoms with Crippen LogP contribution in [0.4, 0.5) is 48.3 Å². The molecule has 12 nitrogen and oxygen atoms in total. The van der Waals surface area contributed by atoms with Crippen molar-refractivity contribution in [1.29, 1.82) is 5.26 Å². The minimum absolute atomic E-state index is 0.0693. The van der Waals surface area contributed by atoms with Crippen molar-refractivity contribution in [1.82, 2.24) is 19.8 Å². The first kappa shape index (κ1) is 41.7. The summed E-state index contributed by atoms with van der Waals surface area (Å²) in [6, 6.07) is 3.87. The predicted octanol–water partition coefficient (Wildman–Crippen LogP) is 9.15. The van der Waals surface area contributed by atoms with E-state index in [4.69, 9.17) is 14.5 Å². The number of thiophene rings is 1. The number of nitrogens with zero attached hydrogens (tertiary/aromatic N) is 7. The third kappa shape index (κ3) is 7.63. The highest BCUT2D eigenvalue weighted by Crippen LogP contribution is 2.54. The fraction of sp³-hybridized carbons (Fsp3) is 0.548. The van der Waals surface area contributed by atoms with Crippen LogP contribution in [0, 0.1) is 28.4 Å². The molecule has 8 rings (SSSR count). The fourth-order valence-corrected chi connectivity index (χ4v) is 9.50. The van der Waals surface area contributed by atoms with Gasteiger partial charge in [-0.2, -0.15) is 23.4 Å². The lowest BCUT2D eigenvalue weighted by atomic mass is 9.92. The zero-order chi connectivity index (χ0) is 43.4. The number of ether oxygens (including phenoxy) is 2. The van der Waals surface area contributed by atoms with Crippen molar-refractivity contribution < 1.29 is 41.0 Å². The second-order valence-corrected chi connectivity index (χ2v) is 19.7. The summed E-state index contributed by atoms with van der Waals surface area (Å²) in [5.74, 6) is -2.02. The van der Waals surface area contributed by atoms with Gasteiger partial charge >= 0.3 is 18.4 Å². The summed E-state index contributed by atoms with van der Waals surface area (Å²) in [6.45, 7) is 17.1. The first-order valence-electron chi connectivity index (χ1n) is 20.0. The monoisotopic (exact) mass is 854 g/mol. The lowest BCUT2D eigenvalue weighted by Gasteiger charge is -2.52. The molecule has 2 unspecified atom stereocenters. The molecule has 0 radical (unpaired) electrons. The maximum atomic E-state index is 17.6. The smallest absolute Gasteiger partial charge is 0.417 e. The molecular formula is C42H47F5N8O4S. The SMILES string of the molecule is CC1CN(c2nc(N3CC(N4CC5(CC5)C4)C3)nc3c(F)c(-c4ccc(F)c5sc(NC(=O)OC(C)(C)C)c(C#N)c45)c(C(F)(F)F)cc23)C(C)CN1C(=O)OC(C)(C)C. The van der Waals surface area contributed by atoms with E-state index in [-0.39, 0.29) is 56.9 Å². The Labute approximate surface area is 348 Å². The van der Waals surface area contributed by atoms with E-state index in [1.165, 1.54) is 12.8 Å². The molecule has 2 aromatic carbocycles. The Morgan fingerprint density at radius 2 is 1.62 bits per heavy atom. The van der Waals surface area contributed by atoms with Crippen LogP contribution in [0.25, 0.3) is 32.1 Å². The summed E-state index contributed by atoms with van der Waals surface area (Å²) >= 11 is 0.624. The number of halogens is 5. The number of aromatic nitrogens is 2. The number of hydrogen-bond donors (Lipinski definition) is 1. The minimum Gasteiger partial charge on any atom is -0.444 e. The van der Waals surface area contributed by atoms with Crippen LogP contribution >= 0.6 is 11.3 Å². The molecule has 2 atom stereocenters. The Kier molecular flexibility index (Phi) is 9.93. The maximum absolute atomic E-state index is 17.6. The van der Waals surface area contributed by atoms with E-state index in [9.17, 15) is 14.9 Å². The van der Waals surface area contributed by atoms with Crippen LogP contribution < -0.4 is 15.1 Å². The van der Waals surface area contributed by atoms with Gasteiger partial charge < -0.3 is 24.2 Å². The van der Waals surface area contributed by atoms with Crippen LogP contribution in [-0.2, 0) is 15.7 Å². The third-order valence-corrected chi connectivity index (χ3v) is 12.7. The van der Waals surface area contributed by atoms with E-state index in [1.54, 1.807) is 58.3 Å². The van der Waals surface area contributed by atoms with E-state index < -0.39 is 75.5 Å². The van der Waals surface area contributed by atoms with Crippen molar-refractivity contribution in [3.05, 3.63) is 41.0 Å². The third-order valence-electron chi connectivity index (χ3n) is 11.6. The number of nitriles is 1. The van der Waals surface area contributed by atoms with Crippen molar-refractivity contribution in [3.63, 3.8) is 0 Å². The molecule has 4 fully saturated rings. The molecular weight excluding hydrogens is 808 g/mol. The normalized spacial score (nSPS) is 20.9. The molecule has 2 aromatic heterocycles. The van der Waals surface area contributed by atoms with Crippen LogP contribution in [0.15, 0.2) is 18.2 Å². The minimum atomic E-state index is -5.16. The van der Waals surface area contributed by atoms with Crippen LogP contribution in [0.5, 0.6) is 0 Å². The van der Waals surface area contributed by atoms with Crippen molar-refractivity contribution in [2.45, 2.75) is 104 Å². The zero-order valence-corrected chi connectivity index (χ0v) is 35.5. The molecule has 320 valence electrons. The van der Waals surface area contributed by atoms with E-state index in [1.807, 2.05) is 17.9 Å². The highest BCUT2D eigenvalue weighted by molar-refractivity contribution is 7.23. The molecule has 1 aliphatic carbocycles. The summed E-state index contributed by atoms with van der Waals surface area (Å²) in [5.41, 5.74) is -4.74. The summed E-state index contributed by atoms with van der Waals surface area (Å²) in [6.07, 6.45) is -4.21. The van der Waals surface area contributed by atoms with Gasteiger partial charge in [-0.1, -0.05) is 6.07 Å². The number of nitrogens with one attached hydrogen (secondary N) is 1. The Morgan fingerprint density at radius 3 is 2.22 bits per heavy atom. The van der Waals surface area contributed by atoms with Crippen molar-refractivity contribution >= 4 is 61.3 Å². The Balaban J connectivity index is 1.28. The molecule has 60 heavy (non-hydrogen) atoms. The number of carbonyl (C=O) groups is 2. The van der Waals surface area contributed by atoms with Gasteiger partial charge in [0, 0.05) is 73.7 Å². The zero-order valence-electron chi connectivity index (χ0n) is 34.7. The van der Waals surface area contributed by atoms with Crippen LogP contribution in [-0.4, -0.2) is 101 Å². The van der Waals surface area contributed by atoms with Gasteiger partial charge in [0.05, 0.1) is 15.8 Å². The van der Waals surface area contributed by atoms with Gasteiger partial charge in [-0.05, 0) is 91.3 Å². The summed E-state index contributed by atoms with van der Waals surface area (Å²) in [5, 5.41) is 12.1. The number of fused-ring (bicyclic) bond motifs is 2. The molecule has 1 saturated carbocycles. The number of rotatable bonds is 5. The topological polar surface area (TPSA) is 127 Å². The number of amides is 2. The Bertz CT molecular complexity index is 2460. The van der Waals surface area contributed by atoms with Crippen LogP contribution in [0.1, 0.15) is 79.4 Å². The lowest BCUT2D eigenvalue weighted by molar-refractivity contribution is -0.137. The molecule has 5 heterocycles. The molecule has 18 heteroatoms. The number of alkyl halides is 3. The molecule has 0 bridgehead atoms. The Morgan fingerprint density at radius 1 is 0.950 bits per heavy atom. The average Bonchev–Trinajstić information content (AvgIpc) is 3.81. The molecule has 3 saturated heterocycles. The number of anilines is 3. The van der Waals surface area contributed by atoms with Crippen molar-refractivity contribution in [3.8, 4) is 17.2 Å². The number of carbonyl (C=O) groups excluding carboxylic acids is 2. The molecule has 1 N–H and O–H groups in total. The largest absolute Gasteiger partial charge is 0.444 e. The standard InChI is InChI=1S/C42H47F5N8O4S/c1-21-16-55(38(57)59-40(6,7)8)22(2)15-54(21)34-25-13-27(42(45,46)47)30(31(44)32(25)49-36(50-34)52-17-23(18-52)53-19-41(20-53)11-12-41)24-9-10-28(43)33-29(24)26(14-48)35(60-33)51-37(56)58-39(3,4)5/h9-10,13,21-23H,11-12,15-20H2,1-8H3,(H,51,56). The van der Waals surface area contributed by atoms with Gasteiger partial charge in [0.1, 0.15) is 39.4 Å². The van der Waals surface area contributed by atoms with Gasteiger partial charge in [-0.15, -0.1) is 11.3 Å². The maximum Gasteiger partial charge on any atom is 0.417 e. The highest BCUT2D eigenvalue weighted by atomic mass is 32.1. The van der Waals surface area contributed by atoms with Gasteiger partial charge in [0.25, 0.3) is 0 Å². The second kappa shape index (κ2) is 14.3. The van der Waals surface area contributed by atoms with Crippen LogP contribution in [0.3, 0.4) is 0 Å². The first-order valence-corrected chi connectivity index (χ1v) is 20.8. The predicted molar refractivity (Wildman–Crippen MR) is 218 cm³/mol.